The van der Waals surface area contributed by atoms with Crippen LogP contribution in [0.5, 0.6) is 0 Å². The van der Waals surface area contributed by atoms with Crippen LogP contribution in [0.3, 0.4) is 0 Å². The zero-order valence-electron chi connectivity index (χ0n) is 8.94. The van der Waals surface area contributed by atoms with Crippen molar-refractivity contribution in [3.8, 4) is 0 Å². The molecule has 1 atom stereocenters. The number of carbonyl (C=O) groups excluding carboxylic acids is 1. The minimum atomic E-state index is 0.147. The lowest BCUT2D eigenvalue weighted by atomic mass is 10.2. The van der Waals surface area contributed by atoms with Crippen LogP contribution in [0.25, 0.3) is 0 Å². The number of benzene rings is 1. The molecule has 1 aliphatic rings. The molecule has 80 valence electrons. The Labute approximate surface area is 90.1 Å². The Morgan fingerprint density at radius 1 is 1.40 bits per heavy atom. The van der Waals surface area contributed by atoms with Crippen molar-refractivity contribution in [1.82, 2.24) is 10.2 Å². The van der Waals surface area contributed by atoms with Gasteiger partial charge >= 0.3 is 0 Å². The van der Waals surface area contributed by atoms with Crippen LogP contribution in [0, 0.1) is 0 Å². The molecule has 0 radical (unpaired) electrons. The molecule has 0 saturated carbocycles. The molecule has 0 spiro atoms. The molecule has 1 aromatic rings. The molecule has 0 bridgehead atoms. The Bertz CT molecular complexity index is 337. The Morgan fingerprint density at radius 3 is 2.73 bits per heavy atom. The molecule has 1 aromatic carbocycles. The number of nitrogens with zero attached hydrogens (tertiary/aromatic N) is 1. The summed E-state index contributed by atoms with van der Waals surface area (Å²) in [5, 5.41) is 3.21. The van der Waals surface area contributed by atoms with Gasteiger partial charge in [-0.1, -0.05) is 18.2 Å². The summed E-state index contributed by atoms with van der Waals surface area (Å²) in [6, 6.07) is 9.93. The SMILES string of the molecule is CNC1CCN(C(=O)c2ccccc2)C1. The summed E-state index contributed by atoms with van der Waals surface area (Å²) in [6.45, 7) is 1.68. The molecule has 1 unspecified atom stereocenters. The molecule has 1 N–H and O–H groups in total. The van der Waals surface area contributed by atoms with Crippen molar-refractivity contribution in [3.63, 3.8) is 0 Å². The first-order valence-corrected chi connectivity index (χ1v) is 5.33. The molecule has 1 amide bonds. The van der Waals surface area contributed by atoms with Crippen molar-refractivity contribution in [2.24, 2.45) is 0 Å². The van der Waals surface area contributed by atoms with Gasteiger partial charge in [0.1, 0.15) is 0 Å². The van der Waals surface area contributed by atoms with E-state index in [0.717, 1.165) is 25.1 Å². The van der Waals surface area contributed by atoms with Gasteiger partial charge < -0.3 is 10.2 Å². The van der Waals surface area contributed by atoms with Gasteiger partial charge in [-0.15, -0.1) is 0 Å². The predicted molar refractivity (Wildman–Crippen MR) is 59.8 cm³/mol. The smallest absolute Gasteiger partial charge is 0.253 e. The van der Waals surface area contributed by atoms with E-state index in [2.05, 4.69) is 5.32 Å². The summed E-state index contributed by atoms with van der Waals surface area (Å²) in [7, 11) is 1.95. The number of hydrogen-bond acceptors (Lipinski definition) is 2. The second-order valence-electron chi connectivity index (χ2n) is 3.89. The second kappa shape index (κ2) is 4.45. The first kappa shape index (κ1) is 10.2. The van der Waals surface area contributed by atoms with Crippen LogP contribution in [-0.2, 0) is 0 Å². The highest BCUT2D eigenvalue weighted by molar-refractivity contribution is 5.94. The summed E-state index contributed by atoms with van der Waals surface area (Å²) in [5.41, 5.74) is 0.786. The normalized spacial score (nSPS) is 20.6. The highest BCUT2D eigenvalue weighted by atomic mass is 16.2. The number of amides is 1. The lowest BCUT2D eigenvalue weighted by molar-refractivity contribution is 0.0789. The van der Waals surface area contributed by atoms with Gasteiger partial charge in [-0.05, 0) is 25.6 Å². The highest BCUT2D eigenvalue weighted by Gasteiger charge is 2.25. The Balaban J connectivity index is 2.04. The van der Waals surface area contributed by atoms with Crippen LogP contribution in [0.2, 0.25) is 0 Å². The summed E-state index contributed by atoms with van der Waals surface area (Å²) >= 11 is 0. The van der Waals surface area contributed by atoms with E-state index in [4.69, 9.17) is 0 Å². The maximum atomic E-state index is 12.0. The summed E-state index contributed by atoms with van der Waals surface area (Å²) in [6.07, 6.45) is 1.05. The van der Waals surface area contributed by atoms with Crippen molar-refractivity contribution in [2.45, 2.75) is 12.5 Å². The zero-order valence-corrected chi connectivity index (χ0v) is 8.94. The number of likely N-dealkylation sites (N-methyl/N-ethyl adjacent to an activating group) is 1. The highest BCUT2D eigenvalue weighted by Crippen LogP contribution is 2.12. The van der Waals surface area contributed by atoms with Crippen molar-refractivity contribution >= 4 is 5.91 Å². The van der Waals surface area contributed by atoms with Crippen molar-refractivity contribution in [2.75, 3.05) is 20.1 Å². The van der Waals surface area contributed by atoms with Crippen molar-refractivity contribution in [1.29, 1.82) is 0 Å². The molecule has 3 nitrogen and oxygen atoms in total. The molecule has 1 aliphatic heterocycles. The standard InChI is InChI=1S/C12H16N2O/c1-13-11-7-8-14(9-11)12(15)10-5-3-2-4-6-10/h2-6,11,13H,7-9H2,1H3. The maximum Gasteiger partial charge on any atom is 0.253 e. The first-order chi connectivity index (χ1) is 7.31. The lowest BCUT2D eigenvalue weighted by Crippen LogP contribution is -2.33. The quantitative estimate of drug-likeness (QED) is 0.783. The van der Waals surface area contributed by atoms with Gasteiger partial charge in [0.2, 0.25) is 0 Å². The Hall–Kier alpha value is -1.35. The fourth-order valence-electron chi connectivity index (χ4n) is 1.94. The molecule has 1 heterocycles. The van der Waals surface area contributed by atoms with E-state index in [0.29, 0.717) is 6.04 Å². The van der Waals surface area contributed by atoms with E-state index < -0.39 is 0 Å². The number of rotatable bonds is 2. The molecule has 3 heteroatoms. The van der Waals surface area contributed by atoms with Crippen LogP contribution < -0.4 is 5.32 Å². The third-order valence-corrected chi connectivity index (χ3v) is 2.90. The molecule has 1 fully saturated rings. The summed E-state index contributed by atoms with van der Waals surface area (Å²) in [4.78, 5) is 13.9. The minimum absolute atomic E-state index is 0.147. The molecular formula is C12H16N2O. The number of nitrogens with one attached hydrogen (secondary N) is 1. The van der Waals surface area contributed by atoms with Gasteiger partial charge in [0.25, 0.3) is 5.91 Å². The van der Waals surface area contributed by atoms with Gasteiger partial charge in [-0.25, -0.2) is 0 Å². The molecule has 1 saturated heterocycles. The molecular weight excluding hydrogens is 188 g/mol. The predicted octanol–water partition coefficient (Wildman–Crippen LogP) is 1.12. The lowest BCUT2D eigenvalue weighted by Gasteiger charge is -2.16. The number of hydrogen-bond donors (Lipinski definition) is 1. The van der Waals surface area contributed by atoms with Crippen LogP contribution in [0.1, 0.15) is 16.8 Å². The van der Waals surface area contributed by atoms with Crippen LogP contribution in [0.4, 0.5) is 0 Å². The maximum absolute atomic E-state index is 12.0. The van der Waals surface area contributed by atoms with E-state index >= 15 is 0 Å². The van der Waals surface area contributed by atoms with Crippen LogP contribution in [-0.4, -0.2) is 37.0 Å². The van der Waals surface area contributed by atoms with E-state index in [1.54, 1.807) is 0 Å². The van der Waals surface area contributed by atoms with Crippen molar-refractivity contribution < 1.29 is 4.79 Å². The first-order valence-electron chi connectivity index (χ1n) is 5.33. The summed E-state index contributed by atoms with van der Waals surface area (Å²) < 4.78 is 0. The molecule has 15 heavy (non-hydrogen) atoms. The topological polar surface area (TPSA) is 32.3 Å². The monoisotopic (exact) mass is 204 g/mol. The van der Waals surface area contributed by atoms with Gasteiger partial charge in [-0.2, -0.15) is 0 Å². The van der Waals surface area contributed by atoms with E-state index in [1.165, 1.54) is 0 Å². The fraction of sp³-hybridized carbons (Fsp3) is 0.417. The van der Waals surface area contributed by atoms with Gasteiger partial charge in [0, 0.05) is 24.7 Å². The Morgan fingerprint density at radius 2 is 2.13 bits per heavy atom. The third-order valence-electron chi connectivity index (χ3n) is 2.90. The average molecular weight is 204 g/mol. The fourth-order valence-corrected chi connectivity index (χ4v) is 1.94. The van der Waals surface area contributed by atoms with E-state index in [9.17, 15) is 4.79 Å². The molecule has 2 rings (SSSR count). The van der Waals surface area contributed by atoms with E-state index in [-0.39, 0.29) is 5.91 Å². The van der Waals surface area contributed by atoms with Gasteiger partial charge in [-0.3, -0.25) is 4.79 Å². The summed E-state index contributed by atoms with van der Waals surface area (Å²) in [5.74, 6) is 0.147. The second-order valence-corrected chi connectivity index (χ2v) is 3.89. The average Bonchev–Trinajstić information content (AvgIpc) is 2.78. The van der Waals surface area contributed by atoms with Gasteiger partial charge in [0.05, 0.1) is 0 Å². The number of carbonyl (C=O) groups is 1. The largest absolute Gasteiger partial charge is 0.337 e. The van der Waals surface area contributed by atoms with Crippen LogP contribution >= 0.6 is 0 Å². The minimum Gasteiger partial charge on any atom is -0.337 e. The molecule has 0 aliphatic carbocycles. The van der Waals surface area contributed by atoms with Crippen molar-refractivity contribution in [3.05, 3.63) is 35.9 Å². The van der Waals surface area contributed by atoms with Gasteiger partial charge in [0.15, 0.2) is 0 Å². The third kappa shape index (κ3) is 2.18. The Kier molecular flexibility index (Phi) is 3.02. The molecule has 0 aromatic heterocycles. The zero-order chi connectivity index (χ0) is 10.7. The van der Waals surface area contributed by atoms with Crippen LogP contribution in [0.15, 0.2) is 30.3 Å². The van der Waals surface area contributed by atoms with E-state index in [1.807, 2.05) is 42.3 Å². The number of likely N-dealkylation sites (tertiary alicyclic amines) is 1.